The highest BCUT2D eigenvalue weighted by atomic mass is 19.3. The second-order valence-corrected chi connectivity index (χ2v) is 8.46. The number of halogens is 2. The second kappa shape index (κ2) is 14.4. The maximum absolute atomic E-state index is 12.2. The van der Waals surface area contributed by atoms with E-state index in [9.17, 15) is 13.6 Å². The zero-order chi connectivity index (χ0) is 21.6. The van der Waals surface area contributed by atoms with Gasteiger partial charge in [0.05, 0.1) is 12.5 Å². The largest absolute Gasteiger partial charge is 0.494 e. The lowest BCUT2D eigenvalue weighted by Gasteiger charge is -2.27. The molecule has 1 saturated carbocycles. The van der Waals surface area contributed by atoms with Gasteiger partial charge in [-0.25, -0.2) is 8.78 Å². The van der Waals surface area contributed by atoms with Gasteiger partial charge in [0, 0.05) is 0 Å². The molecule has 2 rings (SSSR count). The van der Waals surface area contributed by atoms with Crippen molar-refractivity contribution in [1.29, 1.82) is 0 Å². The first kappa shape index (κ1) is 24.6. The van der Waals surface area contributed by atoms with Gasteiger partial charge in [-0.3, -0.25) is 4.79 Å². The van der Waals surface area contributed by atoms with Crippen molar-refractivity contribution in [2.24, 2.45) is 5.92 Å². The maximum Gasteiger partial charge on any atom is 0.309 e. The lowest BCUT2D eigenvalue weighted by Crippen LogP contribution is -2.24. The predicted molar refractivity (Wildman–Crippen MR) is 116 cm³/mol. The summed E-state index contributed by atoms with van der Waals surface area (Å²) in [5.41, 5.74) is 1.26. The first-order chi connectivity index (χ1) is 14.6. The molecule has 1 aromatic rings. The van der Waals surface area contributed by atoms with E-state index in [0.717, 1.165) is 31.6 Å². The van der Waals surface area contributed by atoms with Crippen LogP contribution in [0.1, 0.15) is 95.5 Å². The lowest BCUT2D eigenvalue weighted by atomic mass is 9.79. The fraction of sp³-hybridized carbons (Fsp3) is 0.720. The van der Waals surface area contributed by atoms with Gasteiger partial charge in [-0.2, -0.15) is 0 Å². The highest BCUT2D eigenvalue weighted by molar-refractivity contribution is 5.72. The first-order valence-corrected chi connectivity index (χ1v) is 11.8. The van der Waals surface area contributed by atoms with Crippen LogP contribution in [-0.2, 0) is 9.53 Å². The quantitative estimate of drug-likeness (QED) is 0.232. The van der Waals surface area contributed by atoms with Gasteiger partial charge in [-0.15, -0.1) is 0 Å². The second-order valence-electron chi connectivity index (χ2n) is 8.46. The zero-order valence-electron chi connectivity index (χ0n) is 18.4. The van der Waals surface area contributed by atoms with Crippen LogP contribution >= 0.6 is 0 Å². The summed E-state index contributed by atoms with van der Waals surface area (Å²) >= 11 is 0. The molecule has 3 nitrogen and oxygen atoms in total. The number of hydrogen-bond donors (Lipinski definition) is 0. The number of ether oxygens (including phenoxy) is 2. The summed E-state index contributed by atoms with van der Waals surface area (Å²) < 4.78 is 34.9. The van der Waals surface area contributed by atoms with Crippen LogP contribution in [0.2, 0.25) is 0 Å². The van der Waals surface area contributed by atoms with Crippen LogP contribution in [-0.4, -0.2) is 25.6 Å². The minimum absolute atomic E-state index is 0.241. The van der Waals surface area contributed by atoms with Crippen LogP contribution in [0.4, 0.5) is 8.78 Å². The third-order valence-corrected chi connectivity index (χ3v) is 6.03. The molecule has 0 spiro atoms. The SMILES string of the molecule is CCCCCCCCCCOc1ccc(C2CCC(C(=O)OCC(F)F)CC2)cc1. The first-order valence-electron chi connectivity index (χ1n) is 11.8. The Labute approximate surface area is 180 Å². The topological polar surface area (TPSA) is 35.5 Å². The number of benzene rings is 1. The molecule has 1 fully saturated rings. The fourth-order valence-corrected chi connectivity index (χ4v) is 4.19. The van der Waals surface area contributed by atoms with E-state index in [1.807, 2.05) is 12.1 Å². The Kier molecular flexibility index (Phi) is 11.8. The molecule has 0 amide bonds. The summed E-state index contributed by atoms with van der Waals surface area (Å²) in [6.07, 6.45) is 10.9. The Morgan fingerprint density at radius 3 is 2.13 bits per heavy atom. The number of carbonyl (C=O) groups excluding carboxylic acids is 1. The van der Waals surface area contributed by atoms with Crippen LogP contribution < -0.4 is 4.74 Å². The van der Waals surface area contributed by atoms with Crippen LogP contribution in [0.3, 0.4) is 0 Å². The zero-order valence-corrected chi connectivity index (χ0v) is 18.4. The Bertz CT molecular complexity index is 581. The smallest absolute Gasteiger partial charge is 0.309 e. The molecule has 1 aromatic carbocycles. The van der Waals surface area contributed by atoms with Gasteiger partial charge in [0.15, 0.2) is 6.61 Å². The van der Waals surface area contributed by atoms with E-state index in [-0.39, 0.29) is 5.92 Å². The van der Waals surface area contributed by atoms with E-state index in [0.29, 0.717) is 18.8 Å². The van der Waals surface area contributed by atoms with Gasteiger partial charge in [0.25, 0.3) is 6.43 Å². The van der Waals surface area contributed by atoms with Crippen LogP contribution in [0.25, 0.3) is 0 Å². The standard InChI is InChI=1S/C25H38F2O3/c1-2-3-4-5-6-7-8-9-18-29-23-16-14-21(15-17-23)20-10-12-22(13-11-20)25(28)30-19-24(26)27/h14-17,20,22,24H,2-13,18-19H2,1H3. The van der Waals surface area contributed by atoms with Crippen LogP contribution in [0.15, 0.2) is 24.3 Å². The molecule has 0 bridgehead atoms. The number of rotatable bonds is 14. The summed E-state index contributed by atoms with van der Waals surface area (Å²) in [7, 11) is 0. The molecule has 0 atom stereocenters. The molecule has 0 aromatic heterocycles. The summed E-state index contributed by atoms with van der Waals surface area (Å²) in [6.45, 7) is 2.22. The lowest BCUT2D eigenvalue weighted by molar-refractivity contribution is -0.153. The fourth-order valence-electron chi connectivity index (χ4n) is 4.19. The predicted octanol–water partition coefficient (Wildman–Crippen LogP) is 7.29. The number of hydrogen-bond acceptors (Lipinski definition) is 3. The number of esters is 1. The van der Waals surface area contributed by atoms with E-state index in [1.54, 1.807) is 0 Å². The molecule has 0 N–H and O–H groups in total. The molecular weight excluding hydrogens is 386 g/mol. The normalized spacial score (nSPS) is 19.1. The molecule has 0 heterocycles. The van der Waals surface area contributed by atoms with Crippen molar-refractivity contribution in [3.8, 4) is 5.75 Å². The van der Waals surface area contributed by atoms with Gasteiger partial charge in [-0.05, 0) is 55.7 Å². The van der Waals surface area contributed by atoms with Gasteiger partial charge in [0.1, 0.15) is 5.75 Å². The van der Waals surface area contributed by atoms with Crippen molar-refractivity contribution in [3.05, 3.63) is 29.8 Å². The molecule has 5 heteroatoms. The van der Waals surface area contributed by atoms with E-state index in [1.165, 1.54) is 50.5 Å². The van der Waals surface area contributed by atoms with E-state index >= 15 is 0 Å². The number of unbranched alkanes of at least 4 members (excludes halogenated alkanes) is 7. The Balaban J connectivity index is 1.60. The highest BCUT2D eigenvalue weighted by Gasteiger charge is 2.28. The minimum atomic E-state index is -2.60. The average molecular weight is 425 g/mol. The van der Waals surface area contributed by atoms with Crippen LogP contribution in [0, 0.1) is 5.92 Å². The molecular formula is C25H38F2O3. The summed E-state index contributed by atoms with van der Waals surface area (Å²) in [6, 6.07) is 8.29. The van der Waals surface area contributed by atoms with Crippen LogP contribution in [0.5, 0.6) is 5.75 Å². The number of alkyl halides is 2. The van der Waals surface area contributed by atoms with E-state index in [2.05, 4.69) is 23.8 Å². The maximum atomic E-state index is 12.2. The Hall–Kier alpha value is -1.65. The summed E-state index contributed by atoms with van der Waals surface area (Å²) in [4.78, 5) is 11.8. The minimum Gasteiger partial charge on any atom is -0.494 e. The molecule has 0 saturated heterocycles. The Morgan fingerprint density at radius 2 is 1.53 bits per heavy atom. The molecule has 1 aliphatic carbocycles. The van der Waals surface area contributed by atoms with Crippen molar-refractivity contribution in [1.82, 2.24) is 0 Å². The molecule has 1 aliphatic rings. The Morgan fingerprint density at radius 1 is 0.933 bits per heavy atom. The molecule has 0 radical (unpaired) electrons. The number of carbonyl (C=O) groups is 1. The highest BCUT2D eigenvalue weighted by Crippen LogP contribution is 2.36. The van der Waals surface area contributed by atoms with E-state index < -0.39 is 19.0 Å². The third-order valence-electron chi connectivity index (χ3n) is 6.03. The van der Waals surface area contributed by atoms with Crippen molar-refractivity contribution < 1.29 is 23.0 Å². The molecule has 170 valence electrons. The van der Waals surface area contributed by atoms with E-state index in [4.69, 9.17) is 4.74 Å². The third kappa shape index (κ3) is 9.44. The van der Waals surface area contributed by atoms with Crippen molar-refractivity contribution in [2.75, 3.05) is 13.2 Å². The van der Waals surface area contributed by atoms with Gasteiger partial charge < -0.3 is 9.47 Å². The molecule has 0 unspecified atom stereocenters. The van der Waals surface area contributed by atoms with Crippen molar-refractivity contribution in [3.63, 3.8) is 0 Å². The average Bonchev–Trinajstić information content (AvgIpc) is 2.77. The van der Waals surface area contributed by atoms with Crippen molar-refractivity contribution in [2.45, 2.75) is 96.3 Å². The van der Waals surface area contributed by atoms with Gasteiger partial charge >= 0.3 is 5.97 Å². The molecule has 30 heavy (non-hydrogen) atoms. The summed E-state index contributed by atoms with van der Waals surface area (Å²) in [5.74, 6) is 0.601. The summed E-state index contributed by atoms with van der Waals surface area (Å²) in [5, 5.41) is 0. The molecule has 0 aliphatic heterocycles. The van der Waals surface area contributed by atoms with Crippen molar-refractivity contribution >= 4 is 5.97 Å². The van der Waals surface area contributed by atoms with Gasteiger partial charge in [0.2, 0.25) is 0 Å². The van der Waals surface area contributed by atoms with Gasteiger partial charge in [-0.1, -0.05) is 64.0 Å². The monoisotopic (exact) mass is 424 g/mol.